The number of anilines is 1. The Morgan fingerprint density at radius 3 is 2.21 bits per heavy atom. The zero-order chi connectivity index (χ0) is 19.8. The lowest BCUT2D eigenvalue weighted by molar-refractivity contribution is -0.151. The van der Waals surface area contributed by atoms with Crippen LogP contribution in [-0.2, 0) is 14.3 Å². The van der Waals surface area contributed by atoms with Crippen molar-refractivity contribution in [3.8, 4) is 0 Å². The van der Waals surface area contributed by atoms with E-state index in [1.165, 1.54) is 4.90 Å². The van der Waals surface area contributed by atoms with Gasteiger partial charge in [-0.25, -0.2) is 4.90 Å². The van der Waals surface area contributed by atoms with Gasteiger partial charge in [-0.15, -0.1) is 0 Å². The molecule has 0 radical (unpaired) electrons. The van der Waals surface area contributed by atoms with E-state index in [0.717, 1.165) is 9.37 Å². The van der Waals surface area contributed by atoms with Crippen LogP contribution in [0.15, 0.2) is 53.0 Å². The van der Waals surface area contributed by atoms with E-state index in [-0.39, 0.29) is 18.9 Å². The van der Waals surface area contributed by atoms with Crippen molar-refractivity contribution in [2.45, 2.75) is 6.42 Å². The van der Waals surface area contributed by atoms with E-state index in [4.69, 9.17) is 4.74 Å². The van der Waals surface area contributed by atoms with Crippen LogP contribution >= 0.6 is 15.9 Å². The Bertz CT molecular complexity index is 953. The molecule has 0 aliphatic carbocycles. The number of hydrogen-bond acceptors (Lipinski definition) is 5. The van der Waals surface area contributed by atoms with E-state index >= 15 is 0 Å². The molecule has 2 aliphatic rings. The average molecular weight is 443 g/mol. The molecule has 1 saturated heterocycles. The van der Waals surface area contributed by atoms with Gasteiger partial charge >= 0.3 is 5.97 Å². The van der Waals surface area contributed by atoms with Crippen LogP contribution in [0.2, 0.25) is 0 Å². The van der Waals surface area contributed by atoms with E-state index in [9.17, 15) is 19.2 Å². The quantitative estimate of drug-likeness (QED) is 0.536. The summed E-state index contributed by atoms with van der Waals surface area (Å²) in [4.78, 5) is 51.7. The number of carbonyl (C=O) groups excluding carboxylic acids is 4. The van der Waals surface area contributed by atoms with Gasteiger partial charge in [-0.05, 0) is 36.4 Å². The Hall–Kier alpha value is -3.00. The zero-order valence-corrected chi connectivity index (χ0v) is 16.2. The minimum atomic E-state index is -0.647. The fraction of sp³-hybridized carbons (Fsp3) is 0.200. The second-order valence-corrected chi connectivity index (χ2v) is 7.47. The number of benzene rings is 2. The normalized spacial score (nSPS) is 18.6. The lowest BCUT2D eigenvalue weighted by Gasteiger charge is -2.18. The number of carbonyl (C=O) groups is 4. The monoisotopic (exact) mass is 442 g/mol. The van der Waals surface area contributed by atoms with Gasteiger partial charge in [0, 0.05) is 23.1 Å². The Balaban J connectivity index is 1.39. The maximum atomic E-state index is 12.4. The molecule has 2 aliphatic heterocycles. The largest absolute Gasteiger partial charge is 0.443 e. The third-order valence-electron chi connectivity index (χ3n) is 4.81. The summed E-state index contributed by atoms with van der Waals surface area (Å²) in [7, 11) is 0. The Kier molecular flexibility index (Phi) is 4.72. The van der Waals surface area contributed by atoms with Crippen molar-refractivity contribution in [3.63, 3.8) is 0 Å². The standard InChI is InChI=1S/C20H15BrN2O5/c21-13-5-7-14(8-6-13)22-10-12(9-17(22)24)20(27)28-11-23-18(25)15-3-1-2-4-16(15)19(23)26/h1-8,12H,9-11H2/t12-/m0/s1. The van der Waals surface area contributed by atoms with Crippen molar-refractivity contribution in [3.05, 3.63) is 64.1 Å². The second kappa shape index (κ2) is 7.20. The minimum absolute atomic E-state index is 0.0248. The van der Waals surface area contributed by atoms with Crippen molar-refractivity contribution < 1.29 is 23.9 Å². The van der Waals surface area contributed by atoms with Crippen LogP contribution in [0.3, 0.4) is 0 Å². The lowest BCUT2D eigenvalue weighted by Crippen LogP contribution is -2.35. The van der Waals surface area contributed by atoms with E-state index in [1.807, 2.05) is 12.1 Å². The molecule has 1 atom stereocenters. The zero-order valence-electron chi connectivity index (χ0n) is 14.6. The van der Waals surface area contributed by atoms with Gasteiger partial charge in [0.15, 0.2) is 6.73 Å². The van der Waals surface area contributed by atoms with Gasteiger partial charge in [-0.2, -0.15) is 0 Å². The van der Waals surface area contributed by atoms with E-state index in [2.05, 4.69) is 15.9 Å². The first-order chi connectivity index (χ1) is 13.5. The number of imide groups is 1. The summed E-state index contributed by atoms with van der Waals surface area (Å²) in [5, 5.41) is 0. The first-order valence-electron chi connectivity index (χ1n) is 8.63. The molecule has 8 heteroatoms. The third kappa shape index (κ3) is 3.20. The van der Waals surface area contributed by atoms with Crippen molar-refractivity contribution in [2.75, 3.05) is 18.2 Å². The molecule has 0 N–H and O–H groups in total. The highest BCUT2D eigenvalue weighted by Crippen LogP contribution is 2.28. The first-order valence-corrected chi connectivity index (χ1v) is 9.43. The molecule has 0 unspecified atom stereocenters. The summed E-state index contributed by atoms with van der Waals surface area (Å²) < 4.78 is 6.08. The van der Waals surface area contributed by atoms with Crippen LogP contribution in [0.5, 0.6) is 0 Å². The summed E-state index contributed by atoms with van der Waals surface area (Å²) in [6, 6.07) is 13.7. The van der Waals surface area contributed by atoms with Gasteiger partial charge in [0.25, 0.3) is 11.8 Å². The van der Waals surface area contributed by atoms with Crippen LogP contribution in [0.4, 0.5) is 5.69 Å². The summed E-state index contributed by atoms with van der Waals surface area (Å²) in [5.41, 5.74) is 1.28. The molecule has 142 valence electrons. The third-order valence-corrected chi connectivity index (χ3v) is 5.34. The Labute approximate surface area is 169 Å². The molecule has 7 nitrogen and oxygen atoms in total. The molecule has 1 fully saturated rings. The summed E-state index contributed by atoms with van der Waals surface area (Å²) in [6.07, 6.45) is 0.0248. The predicted octanol–water partition coefficient (Wildman–Crippen LogP) is 2.60. The fourth-order valence-corrected chi connectivity index (χ4v) is 3.60. The molecule has 2 aromatic rings. The SMILES string of the molecule is O=C(OCN1C(=O)c2ccccc2C1=O)[C@H]1CC(=O)N(c2ccc(Br)cc2)C1. The fourth-order valence-electron chi connectivity index (χ4n) is 3.34. The molecule has 0 spiro atoms. The number of esters is 1. The average Bonchev–Trinajstić information content (AvgIpc) is 3.20. The topological polar surface area (TPSA) is 84.0 Å². The molecule has 2 aromatic carbocycles. The molecule has 0 bridgehead atoms. The van der Waals surface area contributed by atoms with Gasteiger partial charge in [0.2, 0.25) is 5.91 Å². The number of hydrogen-bond donors (Lipinski definition) is 0. The number of rotatable bonds is 4. The molecule has 0 saturated carbocycles. The lowest BCUT2D eigenvalue weighted by atomic mass is 10.1. The number of nitrogens with zero attached hydrogens (tertiary/aromatic N) is 2. The van der Waals surface area contributed by atoms with E-state index < -0.39 is 30.4 Å². The van der Waals surface area contributed by atoms with Crippen molar-refractivity contribution in [2.24, 2.45) is 5.92 Å². The van der Waals surface area contributed by atoms with E-state index in [0.29, 0.717) is 16.8 Å². The van der Waals surface area contributed by atoms with Crippen LogP contribution in [0.25, 0.3) is 0 Å². The molecular formula is C20H15BrN2O5. The van der Waals surface area contributed by atoms with Crippen LogP contribution in [-0.4, -0.2) is 41.9 Å². The number of ether oxygens (including phenoxy) is 1. The smallest absolute Gasteiger partial charge is 0.313 e. The molecular weight excluding hydrogens is 428 g/mol. The minimum Gasteiger partial charge on any atom is -0.443 e. The maximum absolute atomic E-state index is 12.4. The first kappa shape index (κ1) is 18.4. The van der Waals surface area contributed by atoms with Crippen LogP contribution in [0, 0.1) is 5.92 Å². The van der Waals surface area contributed by atoms with Gasteiger partial charge in [0.05, 0.1) is 17.0 Å². The molecule has 2 heterocycles. The highest BCUT2D eigenvalue weighted by Gasteiger charge is 2.39. The van der Waals surface area contributed by atoms with E-state index in [1.54, 1.807) is 36.4 Å². The summed E-state index contributed by atoms with van der Waals surface area (Å²) >= 11 is 3.34. The number of fused-ring (bicyclic) bond motifs is 1. The Morgan fingerprint density at radius 2 is 1.61 bits per heavy atom. The molecule has 3 amide bonds. The predicted molar refractivity (Wildman–Crippen MR) is 103 cm³/mol. The summed E-state index contributed by atoms with van der Waals surface area (Å²) in [6.45, 7) is -0.268. The number of halogens is 1. The van der Waals surface area contributed by atoms with Crippen molar-refractivity contribution in [1.82, 2.24) is 4.90 Å². The highest BCUT2D eigenvalue weighted by molar-refractivity contribution is 9.10. The second-order valence-electron chi connectivity index (χ2n) is 6.56. The molecule has 4 rings (SSSR count). The molecule has 28 heavy (non-hydrogen) atoms. The summed E-state index contributed by atoms with van der Waals surface area (Å²) in [5.74, 6) is -2.42. The van der Waals surface area contributed by atoms with Gasteiger partial charge in [0.1, 0.15) is 0 Å². The highest BCUT2D eigenvalue weighted by atomic mass is 79.9. The maximum Gasteiger partial charge on any atom is 0.313 e. The van der Waals surface area contributed by atoms with Gasteiger partial charge in [-0.1, -0.05) is 28.1 Å². The van der Waals surface area contributed by atoms with Crippen molar-refractivity contribution in [1.29, 1.82) is 0 Å². The van der Waals surface area contributed by atoms with Crippen molar-refractivity contribution >= 4 is 45.3 Å². The van der Waals surface area contributed by atoms with Gasteiger partial charge < -0.3 is 9.64 Å². The van der Waals surface area contributed by atoms with Crippen LogP contribution < -0.4 is 4.90 Å². The number of amides is 3. The Morgan fingerprint density at radius 1 is 1.00 bits per heavy atom. The van der Waals surface area contributed by atoms with Crippen LogP contribution in [0.1, 0.15) is 27.1 Å². The molecule has 0 aromatic heterocycles. The van der Waals surface area contributed by atoms with Gasteiger partial charge in [-0.3, -0.25) is 19.2 Å².